The molecule has 8 heteroatoms. The number of sulfonamides is 1. The van der Waals surface area contributed by atoms with Gasteiger partial charge in [0.1, 0.15) is 21.8 Å². The molecule has 1 aromatic heterocycles. The number of rotatable bonds is 7. The first-order valence-corrected chi connectivity index (χ1v) is 14.2. The lowest BCUT2D eigenvalue weighted by atomic mass is 9.93. The molecular weight excluding hydrogens is 480 g/mol. The van der Waals surface area contributed by atoms with Crippen molar-refractivity contribution in [3.63, 3.8) is 0 Å². The first kappa shape index (κ1) is 25.5. The van der Waals surface area contributed by atoms with Crippen molar-refractivity contribution in [2.45, 2.75) is 70.9 Å². The number of hydrogen-bond donors (Lipinski definition) is 0. The number of carbonyl (C=O) groups is 1. The molecule has 4 rings (SSSR count). The van der Waals surface area contributed by atoms with Gasteiger partial charge in [-0.25, -0.2) is 13.4 Å². The Morgan fingerprint density at radius 1 is 1.20 bits per heavy atom. The van der Waals surface area contributed by atoms with Gasteiger partial charge in [0, 0.05) is 19.4 Å². The number of thiazole rings is 1. The van der Waals surface area contributed by atoms with Crippen LogP contribution in [0.4, 0.5) is 0 Å². The van der Waals surface area contributed by atoms with Crippen LogP contribution in [0.25, 0.3) is 0 Å². The Balaban J connectivity index is 1.71. The number of para-hydroxylation sites is 1. The van der Waals surface area contributed by atoms with E-state index < -0.39 is 10.0 Å². The topological polar surface area (TPSA) is 76.6 Å². The quantitative estimate of drug-likeness (QED) is 0.370. The van der Waals surface area contributed by atoms with E-state index in [1.54, 1.807) is 35.5 Å². The smallest absolute Gasteiger partial charge is 0.247 e. The van der Waals surface area contributed by atoms with Gasteiger partial charge in [0.15, 0.2) is 5.78 Å². The van der Waals surface area contributed by atoms with Gasteiger partial charge in [0.2, 0.25) is 10.0 Å². The fourth-order valence-corrected chi connectivity index (χ4v) is 7.26. The van der Waals surface area contributed by atoms with Crippen LogP contribution < -0.4 is 4.74 Å². The average Bonchev–Trinajstić information content (AvgIpc) is 3.17. The van der Waals surface area contributed by atoms with Crippen LogP contribution in [0.15, 0.2) is 47.4 Å². The van der Waals surface area contributed by atoms with Crippen LogP contribution in [-0.4, -0.2) is 36.1 Å². The normalized spacial score (nSPS) is 18.4. The Morgan fingerprint density at radius 2 is 1.94 bits per heavy atom. The van der Waals surface area contributed by atoms with Gasteiger partial charge in [0.05, 0.1) is 17.1 Å². The summed E-state index contributed by atoms with van der Waals surface area (Å²) in [6, 6.07) is 13.1. The molecule has 186 valence electrons. The largest absolute Gasteiger partial charge is 0.488 e. The first-order valence-electron chi connectivity index (χ1n) is 12.0. The second kappa shape index (κ2) is 10.2. The van der Waals surface area contributed by atoms with Crippen molar-refractivity contribution in [1.82, 2.24) is 9.29 Å². The molecule has 6 nitrogen and oxygen atoms in total. The van der Waals surface area contributed by atoms with Gasteiger partial charge >= 0.3 is 0 Å². The molecule has 0 bridgehead atoms. The molecule has 0 saturated heterocycles. The summed E-state index contributed by atoms with van der Waals surface area (Å²) < 4.78 is 34.8. The number of benzene rings is 2. The zero-order valence-corrected chi connectivity index (χ0v) is 22.5. The lowest BCUT2D eigenvalue weighted by molar-refractivity contribution is 0.102. The molecule has 0 spiro atoms. The number of fused-ring (bicyclic) bond motifs is 1. The van der Waals surface area contributed by atoms with Crippen molar-refractivity contribution in [2.75, 3.05) is 6.54 Å². The number of nitrogens with zero attached hydrogens (tertiary/aromatic N) is 2. The van der Waals surface area contributed by atoms with E-state index in [1.165, 1.54) is 11.3 Å². The summed E-state index contributed by atoms with van der Waals surface area (Å²) in [6.45, 7) is 10.1. The van der Waals surface area contributed by atoms with Gasteiger partial charge in [-0.15, -0.1) is 11.3 Å². The molecule has 0 amide bonds. The molecule has 35 heavy (non-hydrogen) atoms. The number of ketones is 1. The molecule has 1 unspecified atom stereocenters. The molecule has 0 N–H and O–H groups in total. The van der Waals surface area contributed by atoms with E-state index in [-0.39, 0.29) is 29.2 Å². The van der Waals surface area contributed by atoms with Crippen LogP contribution in [-0.2, 0) is 16.6 Å². The minimum Gasteiger partial charge on any atom is -0.488 e. The van der Waals surface area contributed by atoms with Crippen molar-refractivity contribution >= 4 is 27.1 Å². The number of carbonyl (C=O) groups excluding carboxylic acids is 1. The molecule has 0 saturated carbocycles. The van der Waals surface area contributed by atoms with E-state index in [0.29, 0.717) is 23.6 Å². The number of aromatic nitrogens is 1. The van der Waals surface area contributed by atoms with Gasteiger partial charge in [-0.2, -0.15) is 4.31 Å². The predicted octanol–water partition coefficient (Wildman–Crippen LogP) is 5.87. The maximum Gasteiger partial charge on any atom is 0.247 e. The number of aryl methyl sites for hydroxylation is 2. The highest BCUT2D eigenvalue weighted by Crippen LogP contribution is 2.36. The zero-order chi connectivity index (χ0) is 25.3. The maximum atomic E-state index is 13.6. The van der Waals surface area contributed by atoms with Crippen molar-refractivity contribution in [3.8, 4) is 5.75 Å². The number of Topliss-reactive ketones (excluding diaryl/α,β-unsaturated/α-hetero) is 1. The number of ether oxygens (including phenoxy) is 1. The lowest BCUT2D eigenvalue weighted by Crippen LogP contribution is -2.36. The Hall–Kier alpha value is -2.55. The van der Waals surface area contributed by atoms with Crippen molar-refractivity contribution in [3.05, 3.63) is 74.7 Å². The van der Waals surface area contributed by atoms with Crippen molar-refractivity contribution < 1.29 is 17.9 Å². The Morgan fingerprint density at radius 3 is 2.60 bits per heavy atom. The molecule has 2 atom stereocenters. The maximum absolute atomic E-state index is 13.6. The molecule has 0 fully saturated rings. The van der Waals surface area contributed by atoms with Crippen molar-refractivity contribution in [2.24, 2.45) is 0 Å². The first-order chi connectivity index (χ1) is 16.6. The van der Waals surface area contributed by atoms with Gasteiger partial charge in [0.25, 0.3) is 0 Å². The summed E-state index contributed by atoms with van der Waals surface area (Å²) in [5, 5.41) is 0.917. The van der Waals surface area contributed by atoms with E-state index in [0.717, 1.165) is 33.8 Å². The molecule has 0 radical (unpaired) electrons. The monoisotopic (exact) mass is 512 g/mol. The van der Waals surface area contributed by atoms with Crippen LogP contribution in [0.3, 0.4) is 0 Å². The van der Waals surface area contributed by atoms with E-state index in [1.807, 2.05) is 26.8 Å². The van der Waals surface area contributed by atoms with Gasteiger partial charge < -0.3 is 4.74 Å². The van der Waals surface area contributed by atoms with Crippen LogP contribution in [0.1, 0.15) is 76.6 Å². The fourth-order valence-electron chi connectivity index (χ4n) is 4.52. The molecule has 1 aliphatic rings. The minimum absolute atomic E-state index is 0.0325. The van der Waals surface area contributed by atoms with Gasteiger partial charge in [-0.1, -0.05) is 44.2 Å². The second-order valence-electron chi connectivity index (χ2n) is 9.06. The molecule has 2 heterocycles. The summed E-state index contributed by atoms with van der Waals surface area (Å²) in [5.74, 6) is 0.489. The van der Waals surface area contributed by atoms with E-state index >= 15 is 0 Å². The molecule has 2 aromatic carbocycles. The standard InChI is InChI=1S/C27H32N2O4S2/c1-6-22-16-29(35(31,32)25-11-9-8-10-24(25)33-22)15-21-14-20(13-12-17(21)3)23(7-2)27-28-18(4)26(34-27)19(5)30/h8-14,22-23H,6-7,15-16H2,1-5H3/t22-,23?/m1/s1. The van der Waals surface area contributed by atoms with E-state index in [4.69, 9.17) is 9.72 Å². The Kier molecular flexibility index (Phi) is 7.45. The predicted molar refractivity (Wildman–Crippen MR) is 139 cm³/mol. The third-order valence-electron chi connectivity index (χ3n) is 6.58. The number of hydrogen-bond acceptors (Lipinski definition) is 6. The molecule has 1 aliphatic heterocycles. The van der Waals surface area contributed by atoms with E-state index in [2.05, 4.69) is 19.1 Å². The van der Waals surface area contributed by atoms with Crippen LogP contribution >= 0.6 is 11.3 Å². The Labute approximate surface area is 212 Å². The third kappa shape index (κ3) is 5.06. The summed E-state index contributed by atoms with van der Waals surface area (Å²) in [4.78, 5) is 17.6. The van der Waals surface area contributed by atoms with E-state index in [9.17, 15) is 13.2 Å². The van der Waals surface area contributed by atoms with Crippen LogP contribution in [0, 0.1) is 13.8 Å². The average molecular weight is 513 g/mol. The SMILES string of the molecule is CCC(c1ccc(C)c(CN2C[C@@H](CC)Oc3ccccc3S2(=O)=O)c1)c1nc(C)c(C(C)=O)s1. The Bertz CT molecular complexity index is 1350. The highest BCUT2D eigenvalue weighted by Gasteiger charge is 2.34. The summed E-state index contributed by atoms with van der Waals surface area (Å²) in [6.07, 6.45) is 1.32. The van der Waals surface area contributed by atoms with Crippen LogP contribution in [0.5, 0.6) is 5.75 Å². The van der Waals surface area contributed by atoms with Crippen LogP contribution in [0.2, 0.25) is 0 Å². The fraction of sp³-hybridized carbons (Fsp3) is 0.407. The molecule has 3 aromatic rings. The molecule has 0 aliphatic carbocycles. The second-order valence-corrected chi connectivity index (χ2v) is 12.0. The summed E-state index contributed by atoms with van der Waals surface area (Å²) >= 11 is 1.46. The van der Waals surface area contributed by atoms with Gasteiger partial charge in [-0.05, 0) is 55.5 Å². The summed E-state index contributed by atoms with van der Waals surface area (Å²) in [7, 11) is -3.72. The third-order valence-corrected chi connectivity index (χ3v) is 9.81. The highest BCUT2D eigenvalue weighted by molar-refractivity contribution is 7.89. The zero-order valence-electron chi connectivity index (χ0n) is 20.9. The lowest BCUT2D eigenvalue weighted by Gasteiger charge is -2.24. The van der Waals surface area contributed by atoms with Crippen molar-refractivity contribution in [1.29, 1.82) is 0 Å². The molecular formula is C27H32N2O4S2. The highest BCUT2D eigenvalue weighted by atomic mass is 32.2. The van der Waals surface area contributed by atoms with Gasteiger partial charge in [-0.3, -0.25) is 4.79 Å². The minimum atomic E-state index is -3.72. The summed E-state index contributed by atoms with van der Waals surface area (Å²) in [5.41, 5.74) is 3.83.